The molecular weight excluding hydrogens is 1650 g/mol. The van der Waals surface area contributed by atoms with E-state index in [0.717, 1.165) is 162 Å². The lowest BCUT2D eigenvalue weighted by atomic mass is 10.1. The first-order valence-electron chi connectivity index (χ1n) is 54.4. The molecule has 132 heavy (non-hydrogen) atoms. The van der Waals surface area contributed by atoms with Gasteiger partial charge in [-0.2, -0.15) is 0 Å². The number of nitrogens with one attached hydrogen (secondary N) is 7. The number of amidine groups is 1. The van der Waals surface area contributed by atoms with E-state index in [9.17, 15) is 0 Å². The molecule has 3 heterocycles. The van der Waals surface area contributed by atoms with Gasteiger partial charge in [0.15, 0.2) is 11.9 Å². The Morgan fingerprint density at radius 3 is 0.924 bits per heavy atom. The highest BCUT2D eigenvalue weighted by molar-refractivity contribution is 5.76. The van der Waals surface area contributed by atoms with Crippen LogP contribution in [0, 0.1) is 5.41 Å². The van der Waals surface area contributed by atoms with Crippen molar-refractivity contribution in [3.8, 4) is 0 Å². The molecule has 0 aliphatic rings. The van der Waals surface area contributed by atoms with Crippen molar-refractivity contribution in [1.82, 2.24) is 50.8 Å². The summed E-state index contributed by atoms with van der Waals surface area (Å²) in [6, 6.07) is 0. The lowest BCUT2D eigenvalue weighted by Gasteiger charge is -2.22. The Bertz CT molecular complexity index is 2290. The number of nitrogens with two attached hydrogens (primary N) is 12. The largest absolute Gasteiger partial charge is 0.388 e. The third-order valence-electron chi connectivity index (χ3n) is 20.4. The molecule has 0 saturated carbocycles. The number of rotatable bonds is 81. The zero-order valence-electron chi connectivity index (χ0n) is 89.4. The van der Waals surface area contributed by atoms with Crippen molar-refractivity contribution in [1.29, 1.82) is 5.41 Å². The molecule has 3 aromatic rings. The number of aromatic nitrogens is 6. The molecular formula is C104H233N25O3. The number of unbranched alkanes of at least 4 members (excludes halogenated alkanes) is 36. The van der Waals surface area contributed by atoms with Crippen LogP contribution < -0.4 is 84.8 Å². The van der Waals surface area contributed by atoms with Crippen molar-refractivity contribution in [2.75, 3.05) is 157 Å². The van der Waals surface area contributed by atoms with E-state index in [4.69, 9.17) is 88.4 Å². The first kappa shape index (κ1) is 145. The fourth-order valence-corrected chi connectivity index (χ4v) is 12.1. The van der Waals surface area contributed by atoms with E-state index in [1.165, 1.54) is 332 Å². The summed E-state index contributed by atoms with van der Waals surface area (Å²) in [5.41, 5.74) is 67.0. The van der Waals surface area contributed by atoms with Gasteiger partial charge in [-0.05, 0) is 220 Å². The minimum Gasteiger partial charge on any atom is -0.388 e. The number of ether oxygens (including phenoxy) is 3. The van der Waals surface area contributed by atoms with Crippen molar-refractivity contribution in [2.24, 2.45) is 78.8 Å². The van der Waals surface area contributed by atoms with Gasteiger partial charge in [-0.15, -0.1) is 0 Å². The number of H-pyrrole nitrogens is 3. The van der Waals surface area contributed by atoms with Crippen LogP contribution in [0.15, 0.2) is 47.6 Å². The molecule has 0 aromatic carbocycles. The highest BCUT2D eigenvalue weighted by atomic mass is 16.5. The average molecular weight is 1880 g/mol. The third-order valence-corrected chi connectivity index (χ3v) is 20.4. The monoisotopic (exact) mass is 1880 g/mol. The Labute approximate surface area is 817 Å². The van der Waals surface area contributed by atoms with E-state index < -0.39 is 0 Å². The van der Waals surface area contributed by atoms with Crippen molar-refractivity contribution in [3.05, 3.63) is 54.7 Å². The van der Waals surface area contributed by atoms with Gasteiger partial charge in [-0.1, -0.05) is 295 Å². The smallest absolute Gasteiger partial charge is 0.185 e. The third kappa shape index (κ3) is 165. The predicted octanol–water partition coefficient (Wildman–Crippen LogP) is 20.0. The molecule has 3 aromatic heterocycles. The standard InChI is InChI=1S/C14H33N3.C13H30N2.C11H27N3.C9H16N2.C9H21N.C8H14N2.C8H19NO2.C7H17N3.C7H12N2.C7H16N2.C6H15NO.C5H13N3/c1-2-3-4-7-12-17(13-8-5-10-15)14-9-6-11-16;1-2-3-4-5-6-7-8-9-12-15-13-10-11-14;1-2-3-8-13-9-5-4-6-10-14-11-7-12;1-2-3-4-5-6-9-7-10-8-11-9;1-2-3-4-5-6-7-8-9-10;1-2-3-4-5-8-6-9-7-10-8;1-2-3-5-10-7-8-11-6-4-9;1-2-3-4-5-6-10-7(8)9;1-2-3-4-7-5-8-6-9-7;1-2-3-4-5-6-7(8)9;1-2-3-5-8-6-4-7;1-2-3-4-8-5(6)7/h2-16H2,1H3;15H,2-14H2,1H3;13-14H,2-12H2,1H3;7-8H,2-6H2,1H3,(H,10,11);2-10H2,1H3;6-7H,2-5H2,1H3,(H,9,10);2-9H2,1H3;2-6H2,1H3,(H4,8,9,10);5-6H,2-4H2,1H3,(H,8,9);2-6H2,1H3,(H3,8,9);2-7H2,1H3;2-4H2,1H3,(H4,6,7,8). The van der Waals surface area contributed by atoms with Crippen LogP contribution in [0.4, 0.5) is 0 Å². The van der Waals surface area contributed by atoms with Gasteiger partial charge in [0.1, 0.15) is 0 Å². The Morgan fingerprint density at radius 1 is 0.280 bits per heavy atom. The second-order valence-electron chi connectivity index (χ2n) is 34.0. The Kier molecular flexibility index (Phi) is 161. The molecule has 3 rings (SSSR count). The fourth-order valence-electron chi connectivity index (χ4n) is 12.1. The molecule has 0 atom stereocenters. The second kappa shape index (κ2) is 146. The van der Waals surface area contributed by atoms with E-state index in [-0.39, 0.29) is 11.9 Å². The quantitative estimate of drug-likeness (QED) is 0.0142. The van der Waals surface area contributed by atoms with Crippen molar-refractivity contribution < 1.29 is 14.2 Å². The molecule has 31 N–H and O–H groups in total. The van der Waals surface area contributed by atoms with Crippen LogP contribution in [0.25, 0.3) is 0 Å². The summed E-state index contributed by atoms with van der Waals surface area (Å²) in [5, 5.41) is 17.1. The molecule has 0 bridgehead atoms. The minimum atomic E-state index is 0.193. The number of aliphatic imine (C=N–C) groups is 2. The molecule has 0 unspecified atom stereocenters. The van der Waals surface area contributed by atoms with Crippen LogP contribution >= 0.6 is 0 Å². The summed E-state index contributed by atoms with van der Waals surface area (Å²) >= 11 is 0. The number of hydrogen-bond donors (Lipinski definition) is 19. The second-order valence-corrected chi connectivity index (χ2v) is 34.0. The van der Waals surface area contributed by atoms with E-state index in [1.807, 2.05) is 18.6 Å². The van der Waals surface area contributed by atoms with Crippen LogP contribution in [0.1, 0.15) is 440 Å². The number of nitrogens with zero attached hydrogens (tertiary/aromatic N) is 6. The molecule has 0 spiro atoms. The molecule has 792 valence electrons. The van der Waals surface area contributed by atoms with Gasteiger partial charge < -0.3 is 119 Å². The van der Waals surface area contributed by atoms with Crippen molar-refractivity contribution in [3.63, 3.8) is 0 Å². The van der Waals surface area contributed by atoms with Gasteiger partial charge in [0, 0.05) is 94.6 Å². The Balaban J connectivity index is -0.000000180. The summed E-state index contributed by atoms with van der Waals surface area (Å²) in [6.45, 7) is 48.1. The number of hydrogen-bond acceptors (Lipinski definition) is 20. The van der Waals surface area contributed by atoms with Crippen LogP contribution in [-0.2, 0) is 33.5 Å². The van der Waals surface area contributed by atoms with E-state index >= 15 is 0 Å². The molecule has 0 aliphatic heterocycles. The Hall–Kier alpha value is -4.92. The van der Waals surface area contributed by atoms with E-state index in [0.29, 0.717) is 45.4 Å². The van der Waals surface area contributed by atoms with E-state index in [2.05, 4.69) is 144 Å². The maximum absolute atomic E-state index is 6.91. The molecule has 0 fully saturated rings. The maximum Gasteiger partial charge on any atom is 0.185 e. The average Bonchev–Trinajstić information content (AvgIpc) is 1.90. The fraction of sp³-hybridized carbons (Fsp3) is 0.885. The van der Waals surface area contributed by atoms with Gasteiger partial charge in [-0.25, -0.2) is 15.0 Å². The zero-order valence-corrected chi connectivity index (χ0v) is 89.4. The van der Waals surface area contributed by atoms with Gasteiger partial charge >= 0.3 is 0 Å². The topological polar surface area (TPSA) is 514 Å². The van der Waals surface area contributed by atoms with Gasteiger partial charge in [0.05, 0.1) is 51.2 Å². The van der Waals surface area contributed by atoms with Crippen LogP contribution in [0.5, 0.6) is 0 Å². The number of guanidine groups is 2. The van der Waals surface area contributed by atoms with Crippen LogP contribution in [-0.4, -0.2) is 210 Å². The Morgan fingerprint density at radius 2 is 0.561 bits per heavy atom. The summed E-state index contributed by atoms with van der Waals surface area (Å²) in [6.07, 6.45) is 81.9. The normalized spacial score (nSPS) is 10.2. The van der Waals surface area contributed by atoms with Gasteiger partial charge in [0.25, 0.3) is 0 Å². The molecule has 28 nitrogen and oxygen atoms in total. The van der Waals surface area contributed by atoms with Gasteiger partial charge in [0.2, 0.25) is 0 Å². The molecule has 0 amide bonds. The van der Waals surface area contributed by atoms with E-state index in [1.54, 1.807) is 19.0 Å². The summed E-state index contributed by atoms with van der Waals surface area (Å²) < 4.78 is 15.5. The summed E-state index contributed by atoms with van der Waals surface area (Å²) in [4.78, 5) is 31.3. The van der Waals surface area contributed by atoms with Gasteiger partial charge in [-0.3, -0.25) is 15.4 Å². The first-order valence-corrected chi connectivity index (χ1v) is 54.4. The number of imidazole rings is 3. The zero-order chi connectivity index (χ0) is 99.8. The number of aromatic amines is 3. The lowest BCUT2D eigenvalue weighted by molar-refractivity contribution is 0.0497. The first-order chi connectivity index (χ1) is 64.5. The molecule has 0 saturated heterocycles. The van der Waals surface area contributed by atoms with Crippen LogP contribution in [0.3, 0.4) is 0 Å². The van der Waals surface area contributed by atoms with Crippen LogP contribution in [0.2, 0.25) is 0 Å². The number of aryl methyl sites for hydroxylation is 3. The molecule has 0 radical (unpaired) electrons. The van der Waals surface area contributed by atoms with Crippen molar-refractivity contribution in [2.45, 2.75) is 443 Å². The molecule has 28 heteroatoms. The predicted molar refractivity (Wildman–Crippen MR) is 584 cm³/mol. The summed E-state index contributed by atoms with van der Waals surface area (Å²) in [5.74, 6) is 0.723. The highest BCUT2D eigenvalue weighted by Crippen LogP contribution is 2.11. The maximum atomic E-state index is 6.91. The lowest BCUT2D eigenvalue weighted by Crippen LogP contribution is -2.28. The molecule has 0 aliphatic carbocycles. The van der Waals surface area contributed by atoms with Crippen molar-refractivity contribution >= 4 is 17.8 Å². The highest BCUT2D eigenvalue weighted by Gasteiger charge is 2.05. The SMILES string of the molecule is CCCCCCC(=N)N.CCCCCCCCCCNCCCN.CCCCCCCCCN.CCCCCCN(CCCCN)CCCCN.CCCCCCN=C(N)N.CCCCCCc1cnc[nH]1.CCCCCc1cnc[nH]1.CCCCN=C(N)N.CCCCNCCCCCNCCN.CCCCOCCN.CCCCOCCOCCN.CCCCc1cnc[nH]1. The minimum absolute atomic E-state index is 0.193. The summed E-state index contributed by atoms with van der Waals surface area (Å²) in [7, 11) is 0.